The summed E-state index contributed by atoms with van der Waals surface area (Å²) in [6, 6.07) is 18.7. The first-order valence-corrected chi connectivity index (χ1v) is 27.9. The molecule has 0 bridgehead atoms. The molecule has 0 N–H and O–H groups in total. The van der Waals surface area contributed by atoms with Gasteiger partial charge in [-0.15, -0.1) is 56.9 Å². The van der Waals surface area contributed by atoms with E-state index >= 15 is 0 Å². The monoisotopic (exact) mass is 802 g/mol. The van der Waals surface area contributed by atoms with Crippen molar-refractivity contribution in [3.05, 3.63) is 95.0 Å². The number of rotatable bonds is 4. The molecule has 4 aromatic rings. The van der Waals surface area contributed by atoms with Crippen LogP contribution in [0.4, 0.5) is 0 Å². The number of hydrogen-bond donors (Lipinski definition) is 0. The molecule has 0 saturated heterocycles. The van der Waals surface area contributed by atoms with Gasteiger partial charge in [0.25, 0.3) is 0 Å². The Bertz CT molecular complexity index is 1170. The van der Waals surface area contributed by atoms with E-state index in [9.17, 15) is 0 Å². The van der Waals surface area contributed by atoms with Crippen molar-refractivity contribution in [1.29, 1.82) is 0 Å². The second kappa shape index (κ2) is 22.3. The molecule has 0 fully saturated rings. The van der Waals surface area contributed by atoms with Crippen LogP contribution in [-0.4, -0.2) is 9.52 Å². The quantitative estimate of drug-likeness (QED) is 0.142. The molecule has 0 spiro atoms. The summed E-state index contributed by atoms with van der Waals surface area (Å²) < 4.78 is 0. The number of aryl methyl sites for hydroxylation is 2. The summed E-state index contributed by atoms with van der Waals surface area (Å²) in [5.74, 6) is 2.42. The van der Waals surface area contributed by atoms with Crippen LogP contribution in [0.25, 0.3) is 21.5 Å². The van der Waals surface area contributed by atoms with Gasteiger partial charge < -0.3 is 22.6 Å². The molecule has 2 radical (unpaired) electrons. The van der Waals surface area contributed by atoms with Crippen molar-refractivity contribution in [3.63, 3.8) is 0 Å². The molecule has 0 amide bonds. The SMILES string of the molecule is Cc1cc2c(C(C)C)cc(C(C)C)cc2[cH-]1.Cc1cc2c(C(C)C)cc(C(C)C)cc2[cH-]1.[CH2-][Si][CH2-].[Cl][Zr+2][Cl].[Cl][Zr+2][Cl]. The molecule has 0 aliphatic heterocycles. The first-order valence-electron chi connectivity index (χ1n) is 13.9. The fourth-order valence-electron chi connectivity index (χ4n) is 4.67. The van der Waals surface area contributed by atoms with Crippen molar-refractivity contribution in [1.82, 2.24) is 0 Å². The molecule has 4 rings (SSSR count). The van der Waals surface area contributed by atoms with Gasteiger partial charge in [-0.1, -0.05) is 104 Å². The van der Waals surface area contributed by atoms with Gasteiger partial charge >= 0.3 is 75.7 Å². The third kappa shape index (κ3) is 14.6. The van der Waals surface area contributed by atoms with Crippen LogP contribution in [0.5, 0.6) is 0 Å². The third-order valence-corrected chi connectivity index (χ3v) is 6.62. The topological polar surface area (TPSA) is 0 Å². The number of benzene rings is 2. The van der Waals surface area contributed by atoms with Crippen LogP contribution >= 0.6 is 34.1 Å². The van der Waals surface area contributed by atoms with Gasteiger partial charge in [-0.05, 0) is 23.7 Å². The van der Waals surface area contributed by atoms with E-state index in [0.29, 0.717) is 33.2 Å². The summed E-state index contributed by atoms with van der Waals surface area (Å²) in [5.41, 5.74) is 8.66. The molecule has 0 nitrogen and oxygen atoms in total. The zero-order chi connectivity index (χ0) is 31.9. The Morgan fingerprint density at radius 2 is 0.829 bits per heavy atom. The molecule has 41 heavy (non-hydrogen) atoms. The van der Waals surface area contributed by atoms with Gasteiger partial charge in [0.15, 0.2) is 0 Å². The molecule has 0 saturated carbocycles. The summed E-state index contributed by atoms with van der Waals surface area (Å²) in [5, 5.41) is 5.70. The molecule has 0 unspecified atom stereocenters. The summed E-state index contributed by atoms with van der Waals surface area (Å²) in [6.07, 6.45) is 0. The molecular weight excluding hydrogens is 761 g/mol. The molecule has 0 aliphatic rings. The Balaban J connectivity index is 0.000000607. The summed E-state index contributed by atoms with van der Waals surface area (Å²) in [4.78, 5) is 0. The van der Waals surface area contributed by atoms with E-state index in [-0.39, 0.29) is 0 Å². The summed E-state index contributed by atoms with van der Waals surface area (Å²) in [6.45, 7) is 29.3. The third-order valence-electron chi connectivity index (χ3n) is 6.62. The number of halogens is 4. The molecule has 7 heteroatoms. The zero-order valence-electron chi connectivity index (χ0n) is 26.4. The van der Waals surface area contributed by atoms with Crippen LogP contribution < -0.4 is 0 Å². The minimum atomic E-state index is -0.826. The van der Waals surface area contributed by atoms with Crippen LogP contribution in [0.2, 0.25) is 0 Å². The Labute approximate surface area is 291 Å². The number of hydrogen-bond acceptors (Lipinski definition) is 0. The van der Waals surface area contributed by atoms with Gasteiger partial charge in [-0.3, -0.25) is 0 Å². The van der Waals surface area contributed by atoms with Gasteiger partial charge in [-0.25, -0.2) is 0 Å². The summed E-state index contributed by atoms with van der Waals surface area (Å²) >= 11 is -1.65. The Hall–Kier alpha value is 0.803. The zero-order valence-corrected chi connectivity index (χ0v) is 35.3. The predicted octanol–water partition coefficient (Wildman–Crippen LogP) is 13.3. The van der Waals surface area contributed by atoms with Crippen LogP contribution in [-0.2, 0) is 41.7 Å². The van der Waals surface area contributed by atoms with Crippen LogP contribution in [0.3, 0.4) is 0 Å². The first-order chi connectivity index (χ1) is 19.2. The van der Waals surface area contributed by atoms with E-state index in [0.717, 1.165) is 0 Å². The van der Waals surface area contributed by atoms with Crippen molar-refractivity contribution < 1.29 is 41.7 Å². The predicted molar refractivity (Wildman–Crippen MR) is 185 cm³/mol. The minimum absolute atomic E-state index is 0.583. The van der Waals surface area contributed by atoms with Crippen molar-refractivity contribution in [3.8, 4) is 0 Å². The molecule has 0 atom stereocenters. The fourth-order valence-corrected chi connectivity index (χ4v) is 4.67. The standard InChI is InChI=1S/2C16H21.C2H4Si.4ClH.2Zr/c2*1-10(2)13-8-14-6-12(5)7-16(14)15(9-13)11(3)4;1-3-2;;;;;;/h2*6-11H,1-5H3;1-2H2;4*1H;;/q2*-1;-2;;;;;2*+4/p-4. The Morgan fingerprint density at radius 1 is 0.561 bits per heavy atom. The average Bonchev–Trinajstić information content (AvgIpc) is 3.44. The normalized spacial score (nSPS) is 10.2. The molecule has 0 heterocycles. The molecule has 0 aromatic heterocycles. The van der Waals surface area contributed by atoms with Gasteiger partial charge in [0.2, 0.25) is 0 Å². The van der Waals surface area contributed by atoms with E-state index in [4.69, 9.17) is 34.1 Å². The Kier molecular flexibility index (Phi) is 22.8. The second-order valence-corrected chi connectivity index (χ2v) is 19.3. The maximum absolute atomic E-state index is 4.93. The fraction of sp³-hybridized carbons (Fsp3) is 0.412. The van der Waals surface area contributed by atoms with E-state index in [2.05, 4.69) is 131 Å². The van der Waals surface area contributed by atoms with Crippen molar-refractivity contribution in [2.45, 2.75) is 92.9 Å². The van der Waals surface area contributed by atoms with E-state index in [1.165, 1.54) is 54.9 Å². The Morgan fingerprint density at radius 3 is 1.05 bits per heavy atom. The van der Waals surface area contributed by atoms with Gasteiger partial charge in [0.05, 0.1) is 0 Å². The average molecular weight is 807 g/mol. The van der Waals surface area contributed by atoms with Crippen molar-refractivity contribution >= 4 is 65.1 Å². The molecule has 0 aliphatic carbocycles. The van der Waals surface area contributed by atoms with Crippen molar-refractivity contribution in [2.24, 2.45) is 0 Å². The van der Waals surface area contributed by atoms with Crippen molar-refractivity contribution in [2.75, 3.05) is 0 Å². The van der Waals surface area contributed by atoms with E-state index < -0.39 is 41.7 Å². The van der Waals surface area contributed by atoms with E-state index in [1.54, 1.807) is 0 Å². The molecular formula is C34H46Cl4SiZr2. The van der Waals surface area contributed by atoms with Crippen LogP contribution in [0, 0.1) is 26.9 Å². The van der Waals surface area contributed by atoms with Gasteiger partial charge in [0, 0.05) is 0 Å². The van der Waals surface area contributed by atoms with Gasteiger partial charge in [-0.2, -0.15) is 12.1 Å². The second-order valence-electron chi connectivity index (χ2n) is 11.3. The first kappa shape index (κ1) is 41.8. The van der Waals surface area contributed by atoms with Crippen LogP contribution in [0.15, 0.2) is 48.5 Å². The van der Waals surface area contributed by atoms with E-state index in [1.807, 2.05) is 0 Å². The summed E-state index contributed by atoms with van der Waals surface area (Å²) in [7, 11) is 20.3. The van der Waals surface area contributed by atoms with Crippen LogP contribution in [0.1, 0.15) is 112 Å². The maximum atomic E-state index is 4.93. The number of fused-ring (bicyclic) bond motifs is 2. The van der Waals surface area contributed by atoms with Gasteiger partial charge in [0.1, 0.15) is 0 Å². The molecule has 222 valence electrons. The molecule has 4 aromatic carbocycles.